The number of carbonyl (C=O) groups excluding carboxylic acids is 3. The van der Waals surface area contributed by atoms with Crippen molar-refractivity contribution >= 4 is 35.8 Å². The summed E-state index contributed by atoms with van der Waals surface area (Å²) in [6.07, 6.45) is 0. The van der Waals surface area contributed by atoms with E-state index in [0.717, 1.165) is 54.6 Å². The molecule has 3 rings (SSSR count). The van der Waals surface area contributed by atoms with Crippen LogP contribution in [0.25, 0.3) is 0 Å². The van der Waals surface area contributed by atoms with Gasteiger partial charge in [-0.2, -0.15) is 0 Å². The summed E-state index contributed by atoms with van der Waals surface area (Å²) in [4.78, 5) is 62.0. The molecule has 0 aliphatic carbocycles. The standard InChI is InChI=1S/3C8H6O5.2La/c3*9-6-2-4(7(10)11)1-5(3-6)8(12)13;;/h3*1-3,9H,(H,10,11)(H,12,13);;/q;;;2*+3/p-6. The molecule has 0 unspecified atom stereocenters. The molecule has 15 nitrogen and oxygen atoms in total. The van der Waals surface area contributed by atoms with Crippen LogP contribution in [0.3, 0.4) is 0 Å². The van der Waals surface area contributed by atoms with Crippen LogP contribution < -0.4 is 30.6 Å². The number of benzene rings is 3. The first-order chi connectivity index (χ1) is 18.0. The predicted octanol–water partition coefficient (Wildman–Crippen LogP) is -3.53. The Hall–Kier alpha value is -3.73. The molecular weight excluding hydrogens is 806 g/mol. The Morgan fingerprint density at radius 1 is 0.390 bits per heavy atom. The first kappa shape index (κ1) is 39.4. The molecule has 0 amide bonds. The summed E-state index contributed by atoms with van der Waals surface area (Å²) in [5.41, 5.74) is -2.34. The van der Waals surface area contributed by atoms with Crippen LogP contribution in [-0.2, 0) is 0 Å². The molecule has 204 valence electrons. The molecule has 0 saturated carbocycles. The van der Waals surface area contributed by atoms with E-state index >= 15 is 0 Å². The fraction of sp³-hybridized carbons (Fsp3) is 0. The summed E-state index contributed by atoms with van der Waals surface area (Å²) in [6.45, 7) is 0. The van der Waals surface area contributed by atoms with Gasteiger partial charge < -0.3 is 60.3 Å². The Bertz CT molecular complexity index is 1200. The van der Waals surface area contributed by atoms with Crippen molar-refractivity contribution in [2.45, 2.75) is 0 Å². The van der Waals surface area contributed by atoms with Crippen LogP contribution in [0.2, 0.25) is 0 Å². The second-order valence-corrected chi connectivity index (χ2v) is 7.02. The molecule has 0 heterocycles. The maximum absolute atomic E-state index is 10.8. The van der Waals surface area contributed by atoms with Crippen LogP contribution >= 0.6 is 0 Å². The third-order valence-electron chi connectivity index (χ3n) is 4.17. The smallest absolute Gasteiger partial charge is 0.872 e. The molecular formula is C24H12La2O15. The van der Waals surface area contributed by atoms with Crippen LogP contribution in [0.5, 0.6) is 17.2 Å². The van der Waals surface area contributed by atoms with Crippen molar-refractivity contribution in [3.63, 3.8) is 0 Å². The van der Waals surface area contributed by atoms with E-state index in [9.17, 15) is 59.4 Å². The van der Waals surface area contributed by atoms with E-state index in [1.54, 1.807) is 0 Å². The molecule has 0 fully saturated rings. The van der Waals surface area contributed by atoms with E-state index in [2.05, 4.69) is 0 Å². The zero-order valence-corrected chi connectivity index (χ0v) is 27.3. The number of carboxylic acid groups (broad SMARTS) is 6. The summed E-state index contributed by atoms with van der Waals surface area (Å²) in [5.74, 6) is -10.8. The van der Waals surface area contributed by atoms with Gasteiger partial charge in [0.2, 0.25) is 0 Å². The molecule has 0 bridgehead atoms. The van der Waals surface area contributed by atoms with E-state index in [1.807, 2.05) is 0 Å². The predicted molar refractivity (Wildman–Crippen MR) is 112 cm³/mol. The van der Waals surface area contributed by atoms with Gasteiger partial charge >= 0.3 is 89.1 Å². The van der Waals surface area contributed by atoms with Gasteiger partial charge in [-0.15, -0.1) is 17.2 Å². The number of carboxylic acids is 6. The fourth-order valence-corrected chi connectivity index (χ4v) is 2.52. The first-order valence-corrected chi connectivity index (χ1v) is 9.82. The van der Waals surface area contributed by atoms with Crippen molar-refractivity contribution in [3.8, 4) is 17.2 Å². The number of hydrogen-bond acceptors (Lipinski definition) is 12. The van der Waals surface area contributed by atoms with E-state index < -0.39 is 69.8 Å². The van der Waals surface area contributed by atoms with Gasteiger partial charge in [-0.3, -0.25) is 0 Å². The zero-order chi connectivity index (χ0) is 30.0. The average Bonchev–Trinajstić information content (AvgIpc) is 2.83. The Labute approximate surface area is 284 Å². The van der Waals surface area contributed by atoms with Crippen molar-refractivity contribution in [1.82, 2.24) is 0 Å². The van der Waals surface area contributed by atoms with Gasteiger partial charge in [-0.25, -0.2) is 14.4 Å². The van der Waals surface area contributed by atoms with Gasteiger partial charge in [0.05, 0.1) is 34.6 Å². The monoisotopic (exact) mass is 818 g/mol. The van der Waals surface area contributed by atoms with E-state index in [0.29, 0.717) is 0 Å². The number of aromatic carboxylic acids is 6. The summed E-state index contributed by atoms with van der Waals surface area (Å²) in [5, 5.41) is 88.5. The fourth-order valence-electron chi connectivity index (χ4n) is 2.52. The summed E-state index contributed by atoms with van der Waals surface area (Å²) < 4.78 is 0. The van der Waals surface area contributed by atoms with Crippen molar-refractivity contribution in [3.05, 3.63) is 88.0 Å². The third kappa shape index (κ3) is 13.5. The molecule has 3 aromatic carbocycles. The van der Waals surface area contributed by atoms with Crippen LogP contribution in [0.1, 0.15) is 62.1 Å². The summed E-state index contributed by atoms with van der Waals surface area (Å²) in [7, 11) is 0. The normalized spacial score (nSPS) is 9.07. The Morgan fingerprint density at radius 3 is 0.707 bits per heavy atom. The van der Waals surface area contributed by atoms with E-state index in [1.165, 1.54) is 0 Å². The second-order valence-electron chi connectivity index (χ2n) is 7.02. The number of carbonyl (C=O) groups is 6. The van der Waals surface area contributed by atoms with Gasteiger partial charge in [-0.05, 0) is 34.9 Å². The average molecular weight is 818 g/mol. The van der Waals surface area contributed by atoms with E-state index in [4.69, 9.17) is 15.3 Å². The van der Waals surface area contributed by atoms with Crippen molar-refractivity contribution in [1.29, 1.82) is 0 Å². The third-order valence-corrected chi connectivity index (χ3v) is 4.17. The van der Waals surface area contributed by atoms with Gasteiger partial charge in [-0.1, -0.05) is 36.4 Å². The molecule has 0 aromatic heterocycles. The first-order valence-electron chi connectivity index (χ1n) is 9.82. The van der Waals surface area contributed by atoms with Gasteiger partial charge in [0.1, 0.15) is 0 Å². The molecule has 41 heavy (non-hydrogen) atoms. The maximum Gasteiger partial charge on any atom is 3.00 e. The van der Waals surface area contributed by atoms with Gasteiger partial charge in [0, 0.05) is 0 Å². The molecule has 0 atom stereocenters. The van der Waals surface area contributed by atoms with Crippen molar-refractivity contribution in [2.24, 2.45) is 0 Å². The van der Waals surface area contributed by atoms with Crippen LogP contribution in [0, 0.1) is 71.2 Å². The van der Waals surface area contributed by atoms with Gasteiger partial charge in [0.15, 0.2) is 0 Å². The second kappa shape index (κ2) is 17.9. The minimum atomic E-state index is -1.57. The quantitative estimate of drug-likeness (QED) is 0.217. The molecule has 0 spiro atoms. The van der Waals surface area contributed by atoms with E-state index in [-0.39, 0.29) is 87.9 Å². The van der Waals surface area contributed by atoms with Crippen LogP contribution in [0.4, 0.5) is 0 Å². The van der Waals surface area contributed by atoms with Crippen molar-refractivity contribution < 1.29 is 146 Å². The minimum Gasteiger partial charge on any atom is -0.872 e. The van der Waals surface area contributed by atoms with Gasteiger partial charge in [0.25, 0.3) is 0 Å². The Kier molecular flexibility index (Phi) is 17.2. The van der Waals surface area contributed by atoms with Crippen molar-refractivity contribution in [2.75, 3.05) is 0 Å². The zero-order valence-electron chi connectivity index (χ0n) is 20.1. The molecule has 17 heteroatoms. The molecule has 0 aliphatic rings. The largest absolute Gasteiger partial charge is 3.00 e. The Morgan fingerprint density at radius 2 is 0.561 bits per heavy atom. The van der Waals surface area contributed by atoms with Crippen LogP contribution in [-0.4, -0.2) is 51.1 Å². The molecule has 0 aliphatic heterocycles. The molecule has 0 radical (unpaired) electrons. The molecule has 3 aromatic rings. The van der Waals surface area contributed by atoms with Crippen LogP contribution in [0.15, 0.2) is 54.6 Å². The summed E-state index contributed by atoms with van der Waals surface area (Å²) in [6, 6.07) is 7.57. The molecule has 3 N–H and O–H groups in total. The maximum atomic E-state index is 10.8. The Balaban J connectivity index is 0. The molecule has 0 saturated heterocycles. The SMILES string of the molecule is O=C([O-])c1cc([O-])cc(C(=O)O)c1.O=C([O-])c1cc([O-])cc(C(=O)O)c1.O=C([O-])c1cc([O-])cc(C(=O)O)c1.[La+3].[La+3]. The number of rotatable bonds is 6. The number of hydrogen-bond donors (Lipinski definition) is 3. The summed E-state index contributed by atoms with van der Waals surface area (Å²) >= 11 is 0. The minimum absolute atomic E-state index is 0. The topological polar surface area (TPSA) is 301 Å².